The van der Waals surface area contributed by atoms with Crippen LogP contribution in [-0.4, -0.2) is 37.2 Å². The van der Waals surface area contributed by atoms with Crippen LogP contribution in [0, 0.1) is 0 Å². The zero-order valence-electron chi connectivity index (χ0n) is 15.3. The van der Waals surface area contributed by atoms with E-state index in [9.17, 15) is 9.59 Å². The standard InChI is InChI=1S/C21H22O6/c1-3-12-26-17-8-4-15(5-9-17)6-10-18(22)16-7-11-19(20(13-16)25-2)27-14-21(23)24/h4-11,13H,3,12,14H2,1-2H3,(H,23,24)/b10-6+. The molecule has 2 rings (SSSR count). The highest BCUT2D eigenvalue weighted by atomic mass is 16.5. The normalized spacial score (nSPS) is 10.6. The number of benzene rings is 2. The van der Waals surface area contributed by atoms with Crippen molar-refractivity contribution in [3.8, 4) is 17.2 Å². The van der Waals surface area contributed by atoms with Crippen molar-refractivity contribution in [1.29, 1.82) is 0 Å². The number of carboxylic acids is 1. The molecule has 1 N–H and O–H groups in total. The van der Waals surface area contributed by atoms with Crippen LogP contribution in [0.3, 0.4) is 0 Å². The fourth-order valence-electron chi connectivity index (χ4n) is 2.24. The first-order chi connectivity index (χ1) is 13.0. The van der Waals surface area contributed by atoms with Crippen molar-refractivity contribution in [3.63, 3.8) is 0 Å². The lowest BCUT2D eigenvalue weighted by Gasteiger charge is -2.10. The Morgan fingerprint density at radius 3 is 2.41 bits per heavy atom. The molecule has 0 saturated heterocycles. The van der Waals surface area contributed by atoms with E-state index < -0.39 is 12.6 Å². The van der Waals surface area contributed by atoms with E-state index in [0.717, 1.165) is 17.7 Å². The van der Waals surface area contributed by atoms with Crippen LogP contribution in [0.25, 0.3) is 6.08 Å². The molecule has 0 aromatic heterocycles. The fraction of sp³-hybridized carbons (Fsp3) is 0.238. The summed E-state index contributed by atoms with van der Waals surface area (Å²) in [5, 5.41) is 8.68. The number of carbonyl (C=O) groups excluding carboxylic acids is 1. The van der Waals surface area contributed by atoms with Crippen LogP contribution in [0.2, 0.25) is 0 Å². The lowest BCUT2D eigenvalue weighted by Crippen LogP contribution is -2.10. The molecular formula is C21H22O6. The van der Waals surface area contributed by atoms with Gasteiger partial charge in [0.05, 0.1) is 13.7 Å². The van der Waals surface area contributed by atoms with Gasteiger partial charge in [-0.1, -0.05) is 25.1 Å². The Balaban J connectivity index is 2.06. The van der Waals surface area contributed by atoms with Crippen LogP contribution in [-0.2, 0) is 4.79 Å². The molecule has 0 aliphatic rings. The summed E-state index contributed by atoms with van der Waals surface area (Å²) in [5.74, 6) is 0.0636. The zero-order chi connectivity index (χ0) is 19.6. The molecule has 27 heavy (non-hydrogen) atoms. The highest BCUT2D eigenvalue weighted by Gasteiger charge is 2.10. The molecule has 0 heterocycles. The number of aliphatic carboxylic acids is 1. The molecule has 0 saturated carbocycles. The summed E-state index contributed by atoms with van der Waals surface area (Å²) in [6, 6.07) is 12.1. The third kappa shape index (κ3) is 6.18. The number of allylic oxidation sites excluding steroid dienone is 1. The van der Waals surface area contributed by atoms with Gasteiger partial charge in [0.2, 0.25) is 0 Å². The summed E-state index contributed by atoms with van der Waals surface area (Å²) < 4.78 is 15.8. The highest BCUT2D eigenvalue weighted by Crippen LogP contribution is 2.28. The third-order valence-electron chi connectivity index (χ3n) is 3.58. The molecule has 2 aromatic rings. The number of rotatable bonds is 10. The Morgan fingerprint density at radius 1 is 1.04 bits per heavy atom. The SMILES string of the molecule is CCCOc1ccc(/C=C/C(=O)c2ccc(OCC(=O)O)c(OC)c2)cc1. The van der Waals surface area contributed by atoms with Crippen LogP contribution >= 0.6 is 0 Å². The number of hydrogen-bond donors (Lipinski definition) is 1. The van der Waals surface area contributed by atoms with E-state index in [1.165, 1.54) is 25.3 Å². The molecule has 0 radical (unpaired) electrons. The predicted molar refractivity (Wildman–Crippen MR) is 102 cm³/mol. The summed E-state index contributed by atoms with van der Waals surface area (Å²) >= 11 is 0. The van der Waals surface area contributed by atoms with Gasteiger partial charge in [-0.2, -0.15) is 0 Å². The Labute approximate surface area is 158 Å². The van der Waals surface area contributed by atoms with E-state index in [0.29, 0.717) is 17.9 Å². The molecule has 6 nitrogen and oxygen atoms in total. The van der Waals surface area contributed by atoms with Gasteiger partial charge in [0.15, 0.2) is 23.9 Å². The van der Waals surface area contributed by atoms with Gasteiger partial charge in [-0.15, -0.1) is 0 Å². The molecule has 0 amide bonds. The minimum Gasteiger partial charge on any atom is -0.494 e. The highest BCUT2D eigenvalue weighted by molar-refractivity contribution is 6.07. The fourth-order valence-corrected chi connectivity index (χ4v) is 2.24. The van der Waals surface area contributed by atoms with Crippen molar-refractivity contribution < 1.29 is 28.9 Å². The molecule has 0 unspecified atom stereocenters. The Bertz CT molecular complexity index is 808. The van der Waals surface area contributed by atoms with Crippen LogP contribution in [0.15, 0.2) is 48.5 Å². The van der Waals surface area contributed by atoms with Crippen LogP contribution in [0.5, 0.6) is 17.2 Å². The van der Waals surface area contributed by atoms with Gasteiger partial charge in [-0.05, 0) is 48.4 Å². The second-order valence-electron chi connectivity index (χ2n) is 5.66. The number of ether oxygens (including phenoxy) is 3. The molecular weight excluding hydrogens is 348 g/mol. The lowest BCUT2D eigenvalue weighted by molar-refractivity contribution is -0.139. The summed E-state index contributed by atoms with van der Waals surface area (Å²) in [7, 11) is 1.43. The largest absolute Gasteiger partial charge is 0.494 e. The molecule has 6 heteroatoms. The van der Waals surface area contributed by atoms with Crippen molar-refractivity contribution in [2.45, 2.75) is 13.3 Å². The van der Waals surface area contributed by atoms with Crippen molar-refractivity contribution >= 4 is 17.8 Å². The molecule has 0 bridgehead atoms. The van der Waals surface area contributed by atoms with Crippen molar-refractivity contribution in [1.82, 2.24) is 0 Å². The number of carboxylic acid groups (broad SMARTS) is 1. The number of methoxy groups -OCH3 is 1. The average molecular weight is 370 g/mol. The lowest BCUT2D eigenvalue weighted by atomic mass is 10.1. The molecule has 142 valence electrons. The predicted octanol–water partition coefficient (Wildman–Crippen LogP) is 3.84. The maximum Gasteiger partial charge on any atom is 0.341 e. The average Bonchev–Trinajstić information content (AvgIpc) is 2.69. The molecule has 0 aliphatic heterocycles. The molecule has 0 atom stereocenters. The zero-order valence-corrected chi connectivity index (χ0v) is 15.3. The Hall–Kier alpha value is -3.28. The van der Waals surface area contributed by atoms with Gasteiger partial charge >= 0.3 is 5.97 Å². The van der Waals surface area contributed by atoms with Gasteiger partial charge in [-0.3, -0.25) is 4.79 Å². The number of hydrogen-bond acceptors (Lipinski definition) is 5. The second kappa shape index (κ2) is 10.0. The summed E-state index contributed by atoms with van der Waals surface area (Å²) in [6.45, 7) is 2.23. The third-order valence-corrected chi connectivity index (χ3v) is 3.58. The van der Waals surface area contributed by atoms with E-state index in [1.807, 2.05) is 31.2 Å². The van der Waals surface area contributed by atoms with Crippen LogP contribution < -0.4 is 14.2 Å². The number of ketones is 1. The Morgan fingerprint density at radius 2 is 1.78 bits per heavy atom. The second-order valence-corrected chi connectivity index (χ2v) is 5.66. The quantitative estimate of drug-likeness (QED) is 0.505. The van der Waals surface area contributed by atoms with Crippen molar-refractivity contribution in [3.05, 3.63) is 59.7 Å². The van der Waals surface area contributed by atoms with E-state index in [-0.39, 0.29) is 11.5 Å². The van der Waals surface area contributed by atoms with Gasteiger partial charge in [0.1, 0.15) is 5.75 Å². The van der Waals surface area contributed by atoms with E-state index in [4.69, 9.17) is 19.3 Å². The minimum absolute atomic E-state index is 0.204. The Kier molecular flexibility index (Phi) is 7.43. The van der Waals surface area contributed by atoms with Crippen LogP contribution in [0.1, 0.15) is 29.3 Å². The molecule has 2 aromatic carbocycles. The first kappa shape index (κ1) is 20.0. The monoisotopic (exact) mass is 370 g/mol. The molecule has 0 fully saturated rings. The maximum atomic E-state index is 12.4. The minimum atomic E-state index is -1.09. The van der Waals surface area contributed by atoms with E-state index in [1.54, 1.807) is 12.1 Å². The van der Waals surface area contributed by atoms with E-state index >= 15 is 0 Å². The van der Waals surface area contributed by atoms with E-state index in [2.05, 4.69) is 0 Å². The van der Waals surface area contributed by atoms with Gasteiger partial charge < -0.3 is 19.3 Å². The van der Waals surface area contributed by atoms with Crippen LogP contribution in [0.4, 0.5) is 0 Å². The van der Waals surface area contributed by atoms with Gasteiger partial charge in [0.25, 0.3) is 0 Å². The summed E-state index contributed by atoms with van der Waals surface area (Å²) in [4.78, 5) is 23.0. The first-order valence-electron chi connectivity index (χ1n) is 8.51. The molecule has 0 aliphatic carbocycles. The summed E-state index contributed by atoms with van der Waals surface area (Å²) in [5.41, 5.74) is 1.29. The first-order valence-corrected chi connectivity index (χ1v) is 8.51. The smallest absolute Gasteiger partial charge is 0.341 e. The maximum absolute atomic E-state index is 12.4. The number of carbonyl (C=O) groups is 2. The van der Waals surface area contributed by atoms with Gasteiger partial charge in [-0.25, -0.2) is 4.79 Å². The van der Waals surface area contributed by atoms with Crippen molar-refractivity contribution in [2.24, 2.45) is 0 Å². The van der Waals surface area contributed by atoms with Crippen molar-refractivity contribution in [2.75, 3.05) is 20.3 Å². The van der Waals surface area contributed by atoms with Gasteiger partial charge in [0, 0.05) is 5.56 Å². The summed E-state index contributed by atoms with van der Waals surface area (Å²) in [6.07, 6.45) is 4.13. The topological polar surface area (TPSA) is 82.1 Å². The molecule has 0 spiro atoms.